The third-order valence-corrected chi connectivity index (χ3v) is 6.88. The van der Waals surface area contributed by atoms with Crippen LogP contribution in [-0.2, 0) is 10.8 Å². The number of halogens is 4. The van der Waals surface area contributed by atoms with Crippen LogP contribution in [0.1, 0.15) is 52.7 Å². The van der Waals surface area contributed by atoms with Gasteiger partial charge in [0, 0.05) is 28.2 Å². The Kier molecular flexibility index (Phi) is 8.39. The molecule has 0 atom stereocenters. The summed E-state index contributed by atoms with van der Waals surface area (Å²) in [5.74, 6) is 0. The number of aromatic nitrogens is 2. The lowest BCUT2D eigenvalue weighted by molar-refractivity contribution is -0.645. The highest BCUT2D eigenvalue weighted by Crippen LogP contribution is 2.37. The monoisotopic (exact) mass is 558 g/mol. The van der Waals surface area contributed by atoms with Gasteiger partial charge in [0.15, 0.2) is 0 Å². The fourth-order valence-corrected chi connectivity index (χ4v) is 4.73. The highest BCUT2D eigenvalue weighted by molar-refractivity contribution is 6.50. The first kappa shape index (κ1) is 30.0. The fourth-order valence-electron chi connectivity index (χ4n) is 4.73. The van der Waals surface area contributed by atoms with Gasteiger partial charge in [0.25, 0.3) is 5.69 Å². The van der Waals surface area contributed by atoms with E-state index in [9.17, 15) is 17.3 Å². The maximum Gasteiger partial charge on any atom is 0.673 e. The zero-order valence-corrected chi connectivity index (χ0v) is 24.3. The van der Waals surface area contributed by atoms with Crippen molar-refractivity contribution in [3.05, 3.63) is 114 Å². The van der Waals surface area contributed by atoms with E-state index in [0.29, 0.717) is 0 Å². The fraction of sp³-hybridized carbons (Fsp3) is 0.235. The lowest BCUT2D eigenvalue weighted by atomic mass is 9.85. The van der Waals surface area contributed by atoms with E-state index < -0.39 is 7.25 Å². The Balaban J connectivity index is 0.000000714. The Hall–Kier alpha value is -4.00. The molecule has 0 N–H and O–H groups in total. The van der Waals surface area contributed by atoms with Gasteiger partial charge in [0.05, 0.1) is 5.56 Å². The van der Waals surface area contributed by atoms with Crippen LogP contribution in [-0.4, -0.2) is 12.4 Å². The first-order chi connectivity index (χ1) is 19.1. The average molecular weight is 558 g/mol. The molecule has 2 nitrogen and oxygen atoms in total. The number of rotatable bonds is 3. The summed E-state index contributed by atoms with van der Waals surface area (Å²) < 4.78 is 41.1. The molecule has 0 saturated carbocycles. The SMILES string of the molecule is CC(C)(C)c1ccc(-[n+]2nc3ccc(C(C)(C)C)cc3c(-c3ccccc3)c2-c2ccccc2)cc1.F[B-](F)(F)F. The largest absolute Gasteiger partial charge is 0.673 e. The maximum absolute atomic E-state index is 9.75. The maximum atomic E-state index is 9.75. The van der Waals surface area contributed by atoms with Gasteiger partial charge in [-0.05, 0) is 56.5 Å². The highest BCUT2D eigenvalue weighted by Gasteiger charge is 2.28. The molecule has 0 radical (unpaired) electrons. The van der Waals surface area contributed by atoms with Gasteiger partial charge in [-0.3, -0.25) is 0 Å². The van der Waals surface area contributed by atoms with Gasteiger partial charge < -0.3 is 17.3 Å². The van der Waals surface area contributed by atoms with E-state index >= 15 is 0 Å². The molecule has 212 valence electrons. The summed E-state index contributed by atoms with van der Waals surface area (Å²) in [7, 11) is -6.00. The summed E-state index contributed by atoms with van der Waals surface area (Å²) in [5, 5.41) is 6.42. The summed E-state index contributed by atoms with van der Waals surface area (Å²) in [4.78, 5) is 0. The molecule has 0 aliphatic heterocycles. The van der Waals surface area contributed by atoms with Gasteiger partial charge in [-0.15, -0.1) is 0 Å². The number of benzene rings is 4. The lowest BCUT2D eigenvalue weighted by Crippen LogP contribution is -2.38. The van der Waals surface area contributed by atoms with Crippen molar-refractivity contribution in [2.75, 3.05) is 0 Å². The summed E-state index contributed by atoms with van der Waals surface area (Å²) in [6.45, 7) is 13.5. The molecule has 0 saturated heterocycles. The first-order valence-corrected chi connectivity index (χ1v) is 13.6. The third-order valence-electron chi connectivity index (χ3n) is 6.88. The molecule has 4 aromatic carbocycles. The van der Waals surface area contributed by atoms with Crippen molar-refractivity contribution in [1.29, 1.82) is 0 Å². The molecule has 5 rings (SSSR count). The predicted octanol–water partition coefficient (Wildman–Crippen LogP) is 9.74. The Morgan fingerprint density at radius 1 is 0.585 bits per heavy atom. The molecule has 0 bridgehead atoms. The van der Waals surface area contributed by atoms with Crippen LogP contribution in [0.25, 0.3) is 39.0 Å². The minimum absolute atomic E-state index is 0.0453. The smallest absolute Gasteiger partial charge is 0.418 e. The second-order valence-electron chi connectivity index (χ2n) is 12.1. The van der Waals surface area contributed by atoms with Crippen LogP contribution in [0.4, 0.5) is 17.3 Å². The van der Waals surface area contributed by atoms with E-state index in [2.05, 4.69) is 149 Å². The van der Waals surface area contributed by atoms with Gasteiger partial charge in [-0.2, -0.15) is 0 Å². The van der Waals surface area contributed by atoms with Crippen LogP contribution in [0.2, 0.25) is 0 Å². The van der Waals surface area contributed by atoms with Crippen LogP contribution in [0, 0.1) is 0 Å². The molecular weight excluding hydrogens is 523 g/mol. The Morgan fingerprint density at radius 3 is 1.54 bits per heavy atom. The van der Waals surface area contributed by atoms with Crippen LogP contribution >= 0.6 is 0 Å². The zero-order chi connectivity index (χ0) is 30.0. The average Bonchev–Trinajstić information content (AvgIpc) is 2.91. The quantitative estimate of drug-likeness (QED) is 0.122. The van der Waals surface area contributed by atoms with E-state index in [4.69, 9.17) is 5.10 Å². The van der Waals surface area contributed by atoms with Crippen LogP contribution in [0.3, 0.4) is 0 Å². The molecule has 1 heterocycles. The molecule has 41 heavy (non-hydrogen) atoms. The molecular formula is C34H35BF4N2. The molecule has 0 aliphatic rings. The second kappa shape index (κ2) is 11.5. The molecule has 0 unspecified atom stereocenters. The second-order valence-corrected chi connectivity index (χ2v) is 12.1. The summed E-state index contributed by atoms with van der Waals surface area (Å²) in [5.41, 5.74) is 9.45. The standard InChI is InChI=1S/C34H35N2.BF4/c1-33(2,3)26-17-20-28(21-18-26)36-32(25-15-11-8-12-16-25)31(24-13-9-7-10-14-24)29-23-27(34(4,5)6)19-22-30(29)35-36;2-1(3,4)5/h7-23H,1-6H3;/q+1;-1. The van der Waals surface area contributed by atoms with Gasteiger partial charge >= 0.3 is 7.25 Å². The Bertz CT molecular complexity index is 1610. The Labute approximate surface area is 239 Å². The van der Waals surface area contributed by atoms with Crippen molar-refractivity contribution in [1.82, 2.24) is 5.10 Å². The van der Waals surface area contributed by atoms with Gasteiger partial charge in [-0.1, -0.05) is 108 Å². The molecule has 7 heteroatoms. The van der Waals surface area contributed by atoms with E-state index in [0.717, 1.165) is 22.5 Å². The van der Waals surface area contributed by atoms with Crippen molar-refractivity contribution >= 4 is 18.2 Å². The van der Waals surface area contributed by atoms with E-state index in [1.807, 2.05) is 0 Å². The van der Waals surface area contributed by atoms with Crippen LogP contribution in [0.5, 0.6) is 0 Å². The van der Waals surface area contributed by atoms with Gasteiger partial charge in [0.1, 0.15) is 5.52 Å². The molecule has 1 aromatic heterocycles. The van der Waals surface area contributed by atoms with Crippen molar-refractivity contribution in [2.24, 2.45) is 0 Å². The highest BCUT2D eigenvalue weighted by atomic mass is 19.5. The zero-order valence-electron chi connectivity index (χ0n) is 24.3. The van der Waals surface area contributed by atoms with E-state index in [-0.39, 0.29) is 10.8 Å². The normalized spacial score (nSPS) is 12.1. The molecule has 0 amide bonds. The van der Waals surface area contributed by atoms with Crippen molar-refractivity contribution in [3.8, 4) is 28.1 Å². The van der Waals surface area contributed by atoms with E-state index in [1.54, 1.807) is 0 Å². The van der Waals surface area contributed by atoms with Gasteiger partial charge in [-0.25, -0.2) is 0 Å². The van der Waals surface area contributed by atoms with Crippen LogP contribution < -0.4 is 4.68 Å². The number of nitrogens with zero attached hydrogens (tertiary/aromatic N) is 2. The molecule has 0 spiro atoms. The number of fused-ring (bicyclic) bond motifs is 1. The minimum Gasteiger partial charge on any atom is -0.418 e. The molecule has 0 fully saturated rings. The Morgan fingerprint density at radius 2 is 1.05 bits per heavy atom. The number of hydrogen-bond donors (Lipinski definition) is 0. The lowest BCUT2D eigenvalue weighted by Gasteiger charge is -2.20. The topological polar surface area (TPSA) is 16.8 Å². The first-order valence-electron chi connectivity index (χ1n) is 13.6. The van der Waals surface area contributed by atoms with Crippen molar-refractivity contribution in [2.45, 2.75) is 52.4 Å². The van der Waals surface area contributed by atoms with Crippen molar-refractivity contribution in [3.63, 3.8) is 0 Å². The van der Waals surface area contributed by atoms with E-state index in [1.165, 1.54) is 27.6 Å². The molecule has 5 aromatic rings. The third kappa shape index (κ3) is 7.40. The van der Waals surface area contributed by atoms with Crippen LogP contribution in [0.15, 0.2) is 103 Å². The van der Waals surface area contributed by atoms with Crippen molar-refractivity contribution < 1.29 is 21.9 Å². The summed E-state index contributed by atoms with van der Waals surface area (Å²) in [6, 6.07) is 37.0. The summed E-state index contributed by atoms with van der Waals surface area (Å²) >= 11 is 0. The predicted molar refractivity (Wildman–Crippen MR) is 162 cm³/mol. The summed E-state index contributed by atoms with van der Waals surface area (Å²) in [6.07, 6.45) is 0. The molecule has 0 aliphatic carbocycles. The number of hydrogen-bond acceptors (Lipinski definition) is 1. The minimum atomic E-state index is -6.00. The van der Waals surface area contributed by atoms with Gasteiger partial charge in [0.2, 0.25) is 5.69 Å².